The van der Waals surface area contributed by atoms with E-state index in [4.69, 9.17) is 5.50 Å². The molecule has 0 aliphatic carbocycles. The molecule has 3 nitrogen and oxygen atoms in total. The Kier molecular flexibility index (Phi) is 5.60. The van der Waals surface area contributed by atoms with Crippen molar-refractivity contribution in [2.45, 2.75) is 65.5 Å². The lowest BCUT2D eigenvalue weighted by Crippen LogP contribution is -2.09. The third-order valence-electron chi connectivity index (χ3n) is 3.64. The van der Waals surface area contributed by atoms with Crippen LogP contribution in [-0.4, -0.2) is 4.89 Å². The fraction of sp³-hybridized carbons (Fsp3) is 0.625. The van der Waals surface area contributed by atoms with Gasteiger partial charge in [0.05, 0.1) is 6.16 Å². The van der Waals surface area contributed by atoms with Gasteiger partial charge in [0.1, 0.15) is 0 Å². The summed E-state index contributed by atoms with van der Waals surface area (Å²) in [6, 6.07) is 4.35. The van der Waals surface area contributed by atoms with Crippen molar-refractivity contribution in [3.8, 4) is 0 Å². The first-order valence-corrected chi connectivity index (χ1v) is 9.21. The lowest BCUT2D eigenvalue weighted by Gasteiger charge is -2.23. The van der Waals surface area contributed by atoms with E-state index in [0.717, 1.165) is 16.7 Å². The fourth-order valence-corrected chi connectivity index (χ4v) is 3.33. The molecule has 0 radical (unpaired) electrons. The van der Waals surface area contributed by atoms with Crippen molar-refractivity contribution in [2.75, 3.05) is 0 Å². The predicted molar refractivity (Wildman–Crippen MR) is 86.4 cm³/mol. The number of rotatable bonds is 5. The Bertz CT molecular complexity index is 486. The van der Waals surface area contributed by atoms with Gasteiger partial charge in [0, 0.05) is 0 Å². The molecule has 114 valence electrons. The van der Waals surface area contributed by atoms with Crippen LogP contribution in [0.5, 0.6) is 0 Å². The van der Waals surface area contributed by atoms with Gasteiger partial charge >= 0.3 is 0 Å². The number of nitrogens with two attached hydrogens (primary N) is 1. The summed E-state index contributed by atoms with van der Waals surface area (Å²) in [6.07, 6.45) is 0.0619. The molecule has 20 heavy (non-hydrogen) atoms. The molecule has 0 bridgehead atoms. The van der Waals surface area contributed by atoms with E-state index in [1.807, 2.05) is 0 Å². The molecule has 0 amide bonds. The van der Waals surface area contributed by atoms with Crippen molar-refractivity contribution in [3.63, 3.8) is 0 Å². The number of benzene rings is 1. The van der Waals surface area contributed by atoms with Gasteiger partial charge in [-0.05, 0) is 40.0 Å². The maximum atomic E-state index is 11.7. The molecule has 1 unspecified atom stereocenters. The van der Waals surface area contributed by atoms with Gasteiger partial charge in [-0.3, -0.25) is 10.1 Å². The van der Waals surface area contributed by atoms with Crippen molar-refractivity contribution in [3.05, 3.63) is 34.4 Å². The summed E-state index contributed by atoms with van der Waals surface area (Å²) in [4.78, 5) is 9.60. The van der Waals surface area contributed by atoms with E-state index in [-0.39, 0.29) is 6.16 Å². The van der Waals surface area contributed by atoms with Gasteiger partial charge in [0.15, 0.2) is 0 Å². The molecule has 0 aromatic heterocycles. The molecule has 0 spiro atoms. The SMILES string of the molecule is CC(C)c1cc(C(C)C)c(CP(N)(=O)O)c(C(C)C)c1. The van der Waals surface area contributed by atoms with Crippen LogP contribution < -0.4 is 5.50 Å². The van der Waals surface area contributed by atoms with Crippen molar-refractivity contribution >= 4 is 7.52 Å². The lowest BCUT2D eigenvalue weighted by atomic mass is 9.85. The molecule has 0 aliphatic heterocycles. The van der Waals surface area contributed by atoms with Crippen LogP contribution in [0.4, 0.5) is 0 Å². The van der Waals surface area contributed by atoms with Crippen LogP contribution in [0.2, 0.25) is 0 Å². The Morgan fingerprint density at radius 1 is 1.00 bits per heavy atom. The smallest absolute Gasteiger partial charge is 0.268 e. The molecular formula is C16H28NO2P. The van der Waals surface area contributed by atoms with Crippen LogP contribution in [0.25, 0.3) is 0 Å². The van der Waals surface area contributed by atoms with Gasteiger partial charge < -0.3 is 4.89 Å². The van der Waals surface area contributed by atoms with Crippen LogP contribution in [-0.2, 0) is 10.7 Å². The van der Waals surface area contributed by atoms with Crippen LogP contribution in [0.1, 0.15) is 81.5 Å². The molecule has 4 heteroatoms. The summed E-state index contributed by atoms with van der Waals surface area (Å²) in [7, 11) is -3.56. The van der Waals surface area contributed by atoms with Crippen molar-refractivity contribution in [1.82, 2.24) is 0 Å². The van der Waals surface area contributed by atoms with Gasteiger partial charge in [-0.15, -0.1) is 0 Å². The van der Waals surface area contributed by atoms with E-state index in [1.165, 1.54) is 5.56 Å². The summed E-state index contributed by atoms with van der Waals surface area (Å²) < 4.78 is 11.7. The highest BCUT2D eigenvalue weighted by Crippen LogP contribution is 2.41. The molecule has 0 aliphatic rings. The minimum absolute atomic E-state index is 0.0619. The topological polar surface area (TPSA) is 63.3 Å². The summed E-state index contributed by atoms with van der Waals surface area (Å²) in [5.74, 6) is 1.07. The van der Waals surface area contributed by atoms with Gasteiger partial charge in [0.2, 0.25) is 0 Å². The largest absolute Gasteiger partial charge is 0.333 e. The molecule has 0 saturated carbocycles. The van der Waals surface area contributed by atoms with E-state index in [9.17, 15) is 9.46 Å². The standard InChI is InChI=1S/C16H28NO2P/c1-10(2)13-7-14(11(3)4)16(9-20(17,18)19)15(8-13)12(5)6/h7-8,10-12H,9H2,1-6H3,(H3,17,18,19). The van der Waals surface area contributed by atoms with Crippen molar-refractivity contribution in [1.29, 1.82) is 0 Å². The average Bonchev–Trinajstić information content (AvgIpc) is 2.25. The summed E-state index contributed by atoms with van der Waals surface area (Å²) in [5, 5.41) is 0. The molecule has 1 atom stereocenters. The molecule has 1 aromatic rings. The van der Waals surface area contributed by atoms with E-state index < -0.39 is 7.52 Å². The second kappa shape index (κ2) is 6.43. The summed E-state index contributed by atoms with van der Waals surface area (Å²) in [6.45, 7) is 12.8. The zero-order chi connectivity index (χ0) is 15.7. The summed E-state index contributed by atoms with van der Waals surface area (Å²) in [5.41, 5.74) is 9.97. The Morgan fingerprint density at radius 2 is 1.40 bits per heavy atom. The quantitative estimate of drug-likeness (QED) is 0.774. The zero-order valence-corrected chi connectivity index (χ0v) is 14.4. The van der Waals surface area contributed by atoms with Crippen molar-refractivity contribution in [2.24, 2.45) is 5.50 Å². The minimum atomic E-state index is -3.56. The van der Waals surface area contributed by atoms with E-state index in [0.29, 0.717) is 17.8 Å². The molecule has 1 aromatic carbocycles. The highest BCUT2D eigenvalue weighted by Gasteiger charge is 2.22. The Labute approximate surface area is 123 Å². The molecule has 0 saturated heterocycles. The van der Waals surface area contributed by atoms with Crippen molar-refractivity contribution < 1.29 is 9.46 Å². The van der Waals surface area contributed by atoms with Crippen LogP contribution in [0, 0.1) is 0 Å². The zero-order valence-electron chi connectivity index (χ0n) is 13.5. The molecule has 1 rings (SSSR count). The second-order valence-electron chi connectivity index (χ2n) is 6.56. The van der Waals surface area contributed by atoms with Gasteiger partial charge in [-0.2, -0.15) is 0 Å². The maximum absolute atomic E-state index is 11.7. The summed E-state index contributed by atoms with van der Waals surface area (Å²) >= 11 is 0. The van der Waals surface area contributed by atoms with Crippen LogP contribution >= 0.6 is 7.52 Å². The Balaban J connectivity index is 3.55. The maximum Gasteiger partial charge on any atom is 0.268 e. The molecule has 3 N–H and O–H groups in total. The average molecular weight is 297 g/mol. The van der Waals surface area contributed by atoms with Crippen LogP contribution in [0.3, 0.4) is 0 Å². The first kappa shape index (κ1) is 17.4. The highest BCUT2D eigenvalue weighted by molar-refractivity contribution is 7.54. The monoisotopic (exact) mass is 297 g/mol. The highest BCUT2D eigenvalue weighted by atomic mass is 31.2. The second-order valence-corrected chi connectivity index (χ2v) is 8.38. The third-order valence-corrected chi connectivity index (χ3v) is 4.41. The first-order chi connectivity index (χ1) is 9.03. The van der Waals surface area contributed by atoms with Gasteiger partial charge in [-0.25, -0.2) is 0 Å². The predicted octanol–water partition coefficient (Wildman–Crippen LogP) is 4.70. The fourth-order valence-electron chi connectivity index (χ4n) is 2.51. The number of hydrogen-bond donors (Lipinski definition) is 2. The first-order valence-electron chi connectivity index (χ1n) is 7.30. The van der Waals surface area contributed by atoms with Gasteiger partial charge in [-0.1, -0.05) is 53.7 Å². The molecule has 0 fully saturated rings. The van der Waals surface area contributed by atoms with E-state index in [1.54, 1.807) is 0 Å². The van der Waals surface area contributed by atoms with E-state index >= 15 is 0 Å². The lowest BCUT2D eigenvalue weighted by molar-refractivity contribution is 0.478. The minimum Gasteiger partial charge on any atom is -0.333 e. The third kappa shape index (κ3) is 4.44. The Morgan fingerprint density at radius 3 is 1.65 bits per heavy atom. The van der Waals surface area contributed by atoms with Crippen LogP contribution in [0.15, 0.2) is 12.1 Å². The molecular weight excluding hydrogens is 269 g/mol. The normalized spacial score (nSPS) is 15.2. The molecule has 0 heterocycles. The number of hydrogen-bond acceptors (Lipinski definition) is 1. The van der Waals surface area contributed by atoms with E-state index in [2.05, 4.69) is 53.7 Å². The Hall–Kier alpha value is -0.630. The van der Waals surface area contributed by atoms with Gasteiger partial charge in [0.25, 0.3) is 7.52 Å².